The fourth-order valence-corrected chi connectivity index (χ4v) is 3.11. The molecule has 1 rings (SSSR count). The standard InChI is InChI=1S/C20H40N4O3.HI/c1-16(15-24(7)19(25)27-20(2,3)4)14-22-18(21-5)23(6)11-8-17-9-12-26-13-10-17;/h16-17H,8-15H2,1-7H3,(H,21,22);1H. The molecule has 8 heteroatoms. The van der Waals surface area contributed by atoms with Gasteiger partial charge in [-0.15, -0.1) is 24.0 Å². The van der Waals surface area contributed by atoms with E-state index in [1.54, 1.807) is 11.9 Å². The fourth-order valence-electron chi connectivity index (χ4n) is 3.11. The molecule has 1 atom stereocenters. The number of nitrogens with one attached hydrogen (secondary N) is 1. The van der Waals surface area contributed by atoms with Crippen LogP contribution in [0.2, 0.25) is 0 Å². The number of nitrogens with zero attached hydrogens (tertiary/aromatic N) is 3. The molecule has 0 bridgehead atoms. The van der Waals surface area contributed by atoms with E-state index in [9.17, 15) is 4.79 Å². The van der Waals surface area contributed by atoms with Crippen molar-refractivity contribution < 1.29 is 14.3 Å². The molecule has 1 heterocycles. The maximum absolute atomic E-state index is 12.1. The summed E-state index contributed by atoms with van der Waals surface area (Å²) in [5.41, 5.74) is -0.470. The van der Waals surface area contributed by atoms with Crippen LogP contribution in [0, 0.1) is 11.8 Å². The van der Waals surface area contributed by atoms with Gasteiger partial charge in [-0.25, -0.2) is 4.79 Å². The van der Waals surface area contributed by atoms with Crippen LogP contribution in [0.25, 0.3) is 0 Å². The van der Waals surface area contributed by atoms with E-state index >= 15 is 0 Å². The van der Waals surface area contributed by atoms with Gasteiger partial charge in [0.25, 0.3) is 0 Å². The fraction of sp³-hybridized carbons (Fsp3) is 0.900. The molecule has 0 spiro atoms. The summed E-state index contributed by atoms with van der Waals surface area (Å²) in [5, 5.41) is 3.42. The van der Waals surface area contributed by atoms with Gasteiger partial charge in [0.15, 0.2) is 5.96 Å². The van der Waals surface area contributed by atoms with Crippen molar-refractivity contribution in [2.75, 3.05) is 54.0 Å². The van der Waals surface area contributed by atoms with Crippen LogP contribution in [0.3, 0.4) is 0 Å². The zero-order valence-electron chi connectivity index (χ0n) is 18.8. The van der Waals surface area contributed by atoms with Crippen LogP contribution in [-0.2, 0) is 9.47 Å². The molecule has 1 unspecified atom stereocenters. The van der Waals surface area contributed by atoms with Gasteiger partial charge >= 0.3 is 6.09 Å². The third-order valence-electron chi connectivity index (χ3n) is 4.69. The van der Waals surface area contributed by atoms with Gasteiger partial charge < -0.3 is 24.6 Å². The second kappa shape index (κ2) is 13.5. The Labute approximate surface area is 188 Å². The summed E-state index contributed by atoms with van der Waals surface area (Å²) in [6.45, 7) is 11.9. The molecule has 166 valence electrons. The quantitative estimate of drug-likeness (QED) is 0.322. The molecule has 1 aliphatic rings. The van der Waals surface area contributed by atoms with E-state index in [2.05, 4.69) is 29.2 Å². The molecular formula is C20H41IN4O3. The molecule has 1 fully saturated rings. The first kappa shape index (κ1) is 27.2. The Bertz CT molecular complexity index is 477. The Kier molecular flexibility index (Phi) is 13.1. The van der Waals surface area contributed by atoms with E-state index in [1.807, 2.05) is 27.8 Å². The molecule has 1 N–H and O–H groups in total. The third kappa shape index (κ3) is 11.3. The summed E-state index contributed by atoms with van der Waals surface area (Å²) >= 11 is 0. The van der Waals surface area contributed by atoms with Crippen molar-refractivity contribution in [2.24, 2.45) is 16.8 Å². The van der Waals surface area contributed by atoms with Crippen molar-refractivity contribution in [1.82, 2.24) is 15.1 Å². The molecule has 7 nitrogen and oxygen atoms in total. The van der Waals surface area contributed by atoms with Gasteiger partial charge in [0.2, 0.25) is 0 Å². The Morgan fingerprint density at radius 3 is 2.39 bits per heavy atom. The molecular weight excluding hydrogens is 471 g/mol. The molecule has 0 aromatic carbocycles. The highest BCUT2D eigenvalue weighted by Crippen LogP contribution is 2.18. The summed E-state index contributed by atoms with van der Waals surface area (Å²) < 4.78 is 10.8. The van der Waals surface area contributed by atoms with Crippen LogP contribution in [0.15, 0.2) is 4.99 Å². The van der Waals surface area contributed by atoms with Gasteiger partial charge in [0, 0.05) is 54.0 Å². The van der Waals surface area contributed by atoms with E-state index in [0.29, 0.717) is 6.54 Å². The topological polar surface area (TPSA) is 66.4 Å². The summed E-state index contributed by atoms with van der Waals surface area (Å²) in [6.07, 6.45) is 3.20. The maximum atomic E-state index is 12.1. The predicted octanol–water partition coefficient (Wildman–Crippen LogP) is 3.43. The molecule has 0 saturated carbocycles. The molecule has 0 aromatic heterocycles. The minimum absolute atomic E-state index is 0. The zero-order valence-corrected chi connectivity index (χ0v) is 21.1. The minimum atomic E-state index is -0.470. The van der Waals surface area contributed by atoms with Crippen molar-refractivity contribution in [1.29, 1.82) is 0 Å². The van der Waals surface area contributed by atoms with Gasteiger partial charge in [0.05, 0.1) is 0 Å². The average Bonchev–Trinajstić information content (AvgIpc) is 2.59. The van der Waals surface area contributed by atoms with E-state index < -0.39 is 5.60 Å². The molecule has 0 aromatic rings. The molecule has 1 amide bonds. The van der Waals surface area contributed by atoms with E-state index in [4.69, 9.17) is 9.47 Å². The normalized spacial score (nSPS) is 16.8. The smallest absolute Gasteiger partial charge is 0.410 e. The number of hydrogen-bond donors (Lipinski definition) is 1. The van der Waals surface area contributed by atoms with Crippen molar-refractivity contribution in [3.8, 4) is 0 Å². The zero-order chi connectivity index (χ0) is 20.4. The molecule has 1 aliphatic heterocycles. The number of aliphatic imine (C=N–C) groups is 1. The Balaban J connectivity index is 0.00000729. The van der Waals surface area contributed by atoms with Gasteiger partial charge in [-0.05, 0) is 51.9 Å². The number of hydrogen-bond acceptors (Lipinski definition) is 4. The minimum Gasteiger partial charge on any atom is -0.444 e. The van der Waals surface area contributed by atoms with E-state index in [-0.39, 0.29) is 36.0 Å². The van der Waals surface area contributed by atoms with Crippen molar-refractivity contribution in [3.05, 3.63) is 0 Å². The lowest BCUT2D eigenvalue weighted by atomic mass is 9.96. The predicted molar refractivity (Wildman–Crippen MR) is 126 cm³/mol. The lowest BCUT2D eigenvalue weighted by Crippen LogP contribution is -2.44. The number of ether oxygens (including phenoxy) is 2. The first-order chi connectivity index (χ1) is 12.6. The Hall–Kier alpha value is -0.770. The van der Waals surface area contributed by atoms with E-state index in [0.717, 1.165) is 57.4 Å². The Morgan fingerprint density at radius 1 is 1.25 bits per heavy atom. The molecule has 0 aliphatic carbocycles. The summed E-state index contributed by atoms with van der Waals surface area (Å²) in [6, 6.07) is 0. The number of rotatable bonds is 7. The lowest BCUT2D eigenvalue weighted by Gasteiger charge is -2.28. The van der Waals surface area contributed by atoms with Crippen molar-refractivity contribution in [2.45, 2.75) is 52.6 Å². The van der Waals surface area contributed by atoms with Crippen molar-refractivity contribution in [3.63, 3.8) is 0 Å². The van der Waals surface area contributed by atoms with Gasteiger partial charge in [-0.3, -0.25) is 4.99 Å². The molecule has 28 heavy (non-hydrogen) atoms. The number of carbonyl (C=O) groups is 1. The highest BCUT2D eigenvalue weighted by atomic mass is 127. The number of halogens is 1. The van der Waals surface area contributed by atoms with Crippen LogP contribution in [-0.4, -0.2) is 81.4 Å². The first-order valence-corrected chi connectivity index (χ1v) is 10.1. The summed E-state index contributed by atoms with van der Waals surface area (Å²) in [7, 11) is 5.66. The highest BCUT2D eigenvalue weighted by molar-refractivity contribution is 14.0. The van der Waals surface area contributed by atoms with Crippen LogP contribution >= 0.6 is 24.0 Å². The van der Waals surface area contributed by atoms with Crippen LogP contribution in [0.1, 0.15) is 47.0 Å². The average molecular weight is 512 g/mol. The SMILES string of the molecule is CN=C(NCC(C)CN(C)C(=O)OC(C)(C)C)N(C)CCC1CCOCC1.I. The summed E-state index contributed by atoms with van der Waals surface area (Å²) in [5.74, 6) is 1.93. The second-order valence-electron chi connectivity index (χ2n) is 8.66. The molecule has 0 radical (unpaired) electrons. The van der Waals surface area contributed by atoms with Crippen LogP contribution in [0.4, 0.5) is 4.79 Å². The lowest BCUT2D eigenvalue weighted by molar-refractivity contribution is 0.0278. The van der Waals surface area contributed by atoms with E-state index in [1.165, 1.54) is 0 Å². The van der Waals surface area contributed by atoms with Crippen molar-refractivity contribution >= 4 is 36.0 Å². The van der Waals surface area contributed by atoms with Crippen LogP contribution < -0.4 is 5.32 Å². The number of amides is 1. The number of guanidine groups is 1. The van der Waals surface area contributed by atoms with Crippen LogP contribution in [0.5, 0.6) is 0 Å². The maximum Gasteiger partial charge on any atom is 0.410 e. The van der Waals surface area contributed by atoms with Gasteiger partial charge in [0.1, 0.15) is 5.60 Å². The number of carbonyl (C=O) groups excluding carboxylic acids is 1. The largest absolute Gasteiger partial charge is 0.444 e. The summed E-state index contributed by atoms with van der Waals surface area (Å²) in [4.78, 5) is 20.3. The molecule has 1 saturated heterocycles. The third-order valence-corrected chi connectivity index (χ3v) is 4.69. The first-order valence-electron chi connectivity index (χ1n) is 10.1. The van der Waals surface area contributed by atoms with Gasteiger partial charge in [-0.1, -0.05) is 6.92 Å². The second-order valence-corrected chi connectivity index (χ2v) is 8.66. The Morgan fingerprint density at radius 2 is 1.86 bits per heavy atom. The van der Waals surface area contributed by atoms with Gasteiger partial charge in [-0.2, -0.15) is 0 Å². The monoisotopic (exact) mass is 512 g/mol. The highest BCUT2D eigenvalue weighted by Gasteiger charge is 2.21.